The molecule has 158 valence electrons. The lowest BCUT2D eigenvalue weighted by molar-refractivity contribution is -0.0388. The van der Waals surface area contributed by atoms with Crippen LogP contribution in [0.1, 0.15) is 11.9 Å². The molecule has 0 saturated heterocycles. The third kappa shape index (κ3) is 3.01. The Hall–Kier alpha value is -3.05. The fraction of sp³-hybridized carbons (Fsp3) is 0.278. The van der Waals surface area contributed by atoms with Gasteiger partial charge in [0.25, 0.3) is 6.43 Å². The lowest BCUT2D eigenvalue weighted by Crippen LogP contribution is -2.13. The van der Waals surface area contributed by atoms with Crippen molar-refractivity contribution < 1.29 is 22.6 Å². The fourth-order valence-corrected chi connectivity index (χ4v) is 3.62. The number of nitrogens with zero attached hydrogens (tertiary/aromatic N) is 5. The second-order valence-corrected chi connectivity index (χ2v) is 6.74. The van der Waals surface area contributed by atoms with Gasteiger partial charge < -0.3 is 18.6 Å². The molecule has 0 spiro atoms. The molecule has 3 heterocycles. The van der Waals surface area contributed by atoms with Crippen LogP contribution in [0.15, 0.2) is 24.8 Å². The summed E-state index contributed by atoms with van der Waals surface area (Å²) in [5, 5.41) is 6.82. The monoisotopic (exact) mass is 440 g/mol. The first-order chi connectivity index (χ1) is 14.4. The number of H-pyrrole nitrogens is 1. The normalized spacial score (nSPS) is 12.8. The first kappa shape index (κ1) is 20.2. The van der Waals surface area contributed by atoms with Gasteiger partial charge in [-0.15, -0.1) is 0 Å². The molecule has 0 aliphatic carbocycles. The molecule has 4 rings (SSSR count). The number of aromatic nitrogens is 6. The van der Waals surface area contributed by atoms with Crippen molar-refractivity contribution in [2.24, 2.45) is 7.05 Å². The molecule has 0 bridgehead atoms. The summed E-state index contributed by atoms with van der Waals surface area (Å²) in [6.45, 7) is 0. The number of hydrogen-bond acceptors (Lipinski definition) is 5. The number of imidazole rings is 1. The van der Waals surface area contributed by atoms with E-state index < -0.39 is 18.3 Å². The zero-order valence-electron chi connectivity index (χ0n) is 16.0. The van der Waals surface area contributed by atoms with Gasteiger partial charge in [0.05, 0.1) is 24.6 Å². The maximum atomic E-state index is 15.1. The van der Waals surface area contributed by atoms with Gasteiger partial charge in [0.15, 0.2) is 23.6 Å². The minimum atomic E-state index is -2.81. The van der Waals surface area contributed by atoms with E-state index in [2.05, 4.69) is 20.2 Å². The van der Waals surface area contributed by atoms with Crippen LogP contribution >= 0.6 is 11.6 Å². The Bertz CT molecular complexity index is 1200. The minimum Gasteiger partial charge on any atom is -0.495 e. The molecule has 0 aliphatic rings. The molecule has 30 heavy (non-hydrogen) atoms. The zero-order valence-corrected chi connectivity index (χ0v) is 16.8. The maximum absolute atomic E-state index is 15.1. The lowest BCUT2D eigenvalue weighted by Gasteiger charge is -2.10. The Morgan fingerprint density at radius 2 is 2.03 bits per heavy atom. The van der Waals surface area contributed by atoms with Crippen LogP contribution in [0.25, 0.3) is 28.1 Å². The number of aryl methyl sites for hydroxylation is 1. The van der Waals surface area contributed by atoms with E-state index in [9.17, 15) is 8.78 Å². The molecule has 1 atom stereocenters. The molecule has 0 aliphatic heterocycles. The molecule has 1 unspecified atom stereocenters. The van der Waals surface area contributed by atoms with Crippen molar-refractivity contribution in [1.82, 2.24) is 29.3 Å². The Balaban J connectivity index is 2.03. The summed E-state index contributed by atoms with van der Waals surface area (Å²) in [4.78, 5) is 8.22. The molecule has 8 nitrogen and oxygen atoms in total. The number of methoxy groups -OCH3 is 2. The highest BCUT2D eigenvalue weighted by Gasteiger charge is 2.29. The van der Waals surface area contributed by atoms with Crippen molar-refractivity contribution >= 4 is 22.5 Å². The van der Waals surface area contributed by atoms with E-state index in [0.717, 1.165) is 7.11 Å². The minimum absolute atomic E-state index is 0.0737. The number of aromatic amines is 1. The fourth-order valence-electron chi connectivity index (χ4n) is 3.40. The van der Waals surface area contributed by atoms with Crippen LogP contribution in [-0.4, -0.2) is 49.9 Å². The quantitative estimate of drug-likeness (QED) is 0.491. The van der Waals surface area contributed by atoms with Gasteiger partial charge in [-0.3, -0.25) is 5.10 Å². The van der Waals surface area contributed by atoms with E-state index in [-0.39, 0.29) is 27.9 Å². The van der Waals surface area contributed by atoms with Crippen LogP contribution in [0, 0.1) is 5.82 Å². The highest BCUT2D eigenvalue weighted by Crippen LogP contribution is 2.41. The van der Waals surface area contributed by atoms with Crippen LogP contribution in [0.4, 0.5) is 13.2 Å². The van der Waals surface area contributed by atoms with Gasteiger partial charge in [-0.25, -0.2) is 23.1 Å². The molecule has 0 amide bonds. The zero-order chi connectivity index (χ0) is 21.6. The summed E-state index contributed by atoms with van der Waals surface area (Å²) >= 11 is 6.11. The summed E-state index contributed by atoms with van der Waals surface area (Å²) in [7, 11) is 4.13. The maximum Gasteiger partial charge on any atom is 0.271 e. The first-order valence-corrected chi connectivity index (χ1v) is 9.03. The average molecular weight is 441 g/mol. The van der Waals surface area contributed by atoms with Crippen molar-refractivity contribution in [2.45, 2.75) is 12.5 Å². The van der Waals surface area contributed by atoms with Crippen LogP contribution in [0.2, 0.25) is 5.02 Å². The number of fused-ring (bicyclic) bond motifs is 1. The highest BCUT2D eigenvalue weighted by atomic mass is 35.5. The number of alkyl halides is 2. The molecule has 1 aromatic carbocycles. The molecule has 0 saturated carbocycles. The number of ether oxygens (including phenoxy) is 2. The van der Waals surface area contributed by atoms with E-state index in [1.807, 2.05) is 0 Å². The van der Waals surface area contributed by atoms with Crippen molar-refractivity contribution in [1.29, 1.82) is 0 Å². The molecule has 4 aromatic rings. The van der Waals surface area contributed by atoms with Crippen LogP contribution < -0.4 is 4.74 Å². The Morgan fingerprint density at radius 3 is 2.63 bits per heavy atom. The SMILES string of the molecule is COc1cc2c(-n3ccnc3)c(-c3n[nH]c(C(OC)C(F)F)n3)n(C)c2c(F)c1Cl. The van der Waals surface area contributed by atoms with Crippen LogP contribution in [0.3, 0.4) is 0 Å². The third-order valence-corrected chi connectivity index (χ3v) is 5.10. The summed E-state index contributed by atoms with van der Waals surface area (Å²) < 4.78 is 54.7. The van der Waals surface area contributed by atoms with Crippen LogP contribution in [-0.2, 0) is 11.8 Å². The van der Waals surface area contributed by atoms with Gasteiger partial charge in [-0.05, 0) is 6.07 Å². The Kier molecular flexibility index (Phi) is 5.16. The topological polar surface area (TPSA) is 82.8 Å². The van der Waals surface area contributed by atoms with Crippen molar-refractivity contribution in [2.75, 3.05) is 14.2 Å². The molecule has 12 heteroatoms. The van der Waals surface area contributed by atoms with Crippen molar-refractivity contribution in [3.8, 4) is 23.0 Å². The van der Waals surface area contributed by atoms with E-state index in [1.54, 1.807) is 30.1 Å². The third-order valence-electron chi connectivity index (χ3n) is 4.75. The van der Waals surface area contributed by atoms with Gasteiger partial charge >= 0.3 is 0 Å². The molecular formula is C18H16ClF3N6O2. The number of nitrogens with one attached hydrogen (secondary N) is 1. The van der Waals surface area contributed by atoms with E-state index in [0.29, 0.717) is 16.8 Å². The molecule has 3 aromatic heterocycles. The number of halogens is 4. The number of rotatable bonds is 6. The largest absolute Gasteiger partial charge is 0.495 e. The van der Waals surface area contributed by atoms with Gasteiger partial charge in [0.2, 0.25) is 0 Å². The van der Waals surface area contributed by atoms with E-state index in [1.165, 1.54) is 18.0 Å². The predicted molar refractivity (Wildman–Crippen MR) is 103 cm³/mol. The van der Waals surface area contributed by atoms with Gasteiger partial charge in [0.1, 0.15) is 16.5 Å². The summed E-state index contributed by atoms with van der Waals surface area (Å²) in [6.07, 6.45) is 0.331. The van der Waals surface area contributed by atoms with Gasteiger partial charge in [-0.2, -0.15) is 5.10 Å². The first-order valence-electron chi connectivity index (χ1n) is 8.65. The van der Waals surface area contributed by atoms with Crippen molar-refractivity contribution in [3.63, 3.8) is 0 Å². The Labute approximate surface area is 173 Å². The smallest absolute Gasteiger partial charge is 0.271 e. The standard InChI is InChI=1S/C18H16ClF3N6O2/c1-27-12-8(6-9(29-2)10(19)11(12)20)13(28-5-4-23-7-28)14(27)17-24-18(26-25-17)15(30-3)16(21)22/h4-7,15-16H,1-3H3,(H,24,25,26). The molecular weight excluding hydrogens is 425 g/mol. The second-order valence-electron chi connectivity index (χ2n) is 6.36. The van der Waals surface area contributed by atoms with Gasteiger partial charge in [0, 0.05) is 31.9 Å². The lowest BCUT2D eigenvalue weighted by atomic mass is 10.2. The van der Waals surface area contributed by atoms with E-state index >= 15 is 4.39 Å². The molecule has 0 radical (unpaired) electrons. The molecule has 0 fully saturated rings. The predicted octanol–water partition coefficient (Wildman–Crippen LogP) is 3.90. The average Bonchev–Trinajstić information content (AvgIpc) is 3.44. The summed E-state index contributed by atoms with van der Waals surface area (Å²) in [5.41, 5.74) is 1.01. The Morgan fingerprint density at radius 1 is 1.27 bits per heavy atom. The van der Waals surface area contributed by atoms with Crippen LogP contribution in [0.5, 0.6) is 5.75 Å². The highest BCUT2D eigenvalue weighted by molar-refractivity contribution is 6.33. The molecule has 1 N–H and O–H groups in total. The number of hydrogen-bond donors (Lipinski definition) is 1. The summed E-state index contributed by atoms with van der Waals surface area (Å²) in [6, 6.07) is 1.59. The van der Waals surface area contributed by atoms with Gasteiger partial charge in [-0.1, -0.05) is 11.6 Å². The van der Waals surface area contributed by atoms with Crippen molar-refractivity contribution in [3.05, 3.63) is 41.5 Å². The number of benzene rings is 1. The summed E-state index contributed by atoms with van der Waals surface area (Å²) in [5.74, 6) is -0.628. The second kappa shape index (κ2) is 7.65. The van der Waals surface area contributed by atoms with E-state index in [4.69, 9.17) is 21.1 Å².